The average Bonchev–Trinajstić information content (AvgIpc) is 2.53. The number of nitrogens with zero attached hydrogens (tertiary/aromatic N) is 1. The second-order valence-electron chi connectivity index (χ2n) is 6.57. The van der Waals surface area contributed by atoms with Gasteiger partial charge in [0.05, 0.1) is 17.2 Å². The first-order valence-electron chi connectivity index (χ1n) is 8.48. The van der Waals surface area contributed by atoms with Gasteiger partial charge in [-0.15, -0.1) is 0 Å². The molecule has 1 aromatic carbocycles. The van der Waals surface area contributed by atoms with Gasteiger partial charge in [0.25, 0.3) is 5.91 Å². The molecule has 2 N–H and O–H groups in total. The van der Waals surface area contributed by atoms with E-state index in [2.05, 4.69) is 5.32 Å². The van der Waals surface area contributed by atoms with Crippen LogP contribution in [0.25, 0.3) is 0 Å². The van der Waals surface area contributed by atoms with Crippen LogP contribution in [0.5, 0.6) is 0 Å². The van der Waals surface area contributed by atoms with Crippen molar-refractivity contribution in [2.45, 2.75) is 32.1 Å². The van der Waals surface area contributed by atoms with E-state index in [4.69, 9.17) is 5.11 Å². The molecule has 0 unspecified atom stereocenters. The number of benzene rings is 1. The standard InChI is InChI=1S/C18H22N2O4/c21-16(12-4-3-5-12)19-15-7-2-1-6-14(15)17(22)20-10-8-13(9-11-20)18(23)24/h1-2,6-7,12-13H,3-5,8-11H2,(H,19,21)(H,23,24). The fourth-order valence-electron chi connectivity index (χ4n) is 3.18. The highest BCUT2D eigenvalue weighted by Crippen LogP contribution is 2.29. The van der Waals surface area contributed by atoms with E-state index in [1.807, 2.05) is 0 Å². The molecule has 1 aliphatic carbocycles. The van der Waals surface area contributed by atoms with Gasteiger partial charge in [0.1, 0.15) is 0 Å². The predicted molar refractivity (Wildman–Crippen MR) is 88.7 cm³/mol. The summed E-state index contributed by atoms with van der Waals surface area (Å²) in [5.41, 5.74) is 1.01. The third-order valence-electron chi connectivity index (χ3n) is 5.02. The number of hydrogen-bond donors (Lipinski definition) is 2. The number of hydrogen-bond acceptors (Lipinski definition) is 3. The first-order valence-corrected chi connectivity index (χ1v) is 8.48. The summed E-state index contributed by atoms with van der Waals surface area (Å²) in [6.45, 7) is 0.863. The summed E-state index contributed by atoms with van der Waals surface area (Å²) in [5, 5.41) is 11.9. The van der Waals surface area contributed by atoms with Crippen molar-refractivity contribution in [1.29, 1.82) is 0 Å². The lowest BCUT2D eigenvalue weighted by molar-refractivity contribution is -0.143. The van der Waals surface area contributed by atoms with E-state index in [0.29, 0.717) is 37.2 Å². The van der Waals surface area contributed by atoms with E-state index in [9.17, 15) is 14.4 Å². The molecule has 1 saturated carbocycles. The largest absolute Gasteiger partial charge is 0.481 e. The Balaban J connectivity index is 1.68. The first kappa shape index (κ1) is 16.5. The Labute approximate surface area is 140 Å². The molecule has 1 heterocycles. The molecule has 3 rings (SSSR count). The molecule has 6 heteroatoms. The molecule has 2 aliphatic rings. The topological polar surface area (TPSA) is 86.7 Å². The minimum Gasteiger partial charge on any atom is -0.481 e. The van der Waals surface area contributed by atoms with Crippen molar-refractivity contribution in [2.75, 3.05) is 18.4 Å². The second kappa shape index (κ2) is 7.03. The Morgan fingerprint density at radius 3 is 2.25 bits per heavy atom. The van der Waals surface area contributed by atoms with E-state index in [-0.39, 0.29) is 23.7 Å². The molecule has 0 atom stereocenters. The normalized spacial score (nSPS) is 18.8. The van der Waals surface area contributed by atoms with Crippen molar-refractivity contribution in [2.24, 2.45) is 11.8 Å². The van der Waals surface area contributed by atoms with Gasteiger partial charge in [0, 0.05) is 19.0 Å². The lowest BCUT2D eigenvalue weighted by Crippen LogP contribution is -2.40. The number of carbonyl (C=O) groups excluding carboxylic acids is 2. The number of amides is 2. The van der Waals surface area contributed by atoms with Gasteiger partial charge in [0.15, 0.2) is 0 Å². The third kappa shape index (κ3) is 3.42. The number of rotatable bonds is 4. The number of aliphatic carboxylic acids is 1. The van der Waals surface area contributed by atoms with Crippen molar-refractivity contribution in [1.82, 2.24) is 4.90 Å². The number of carboxylic acid groups (broad SMARTS) is 1. The number of nitrogens with one attached hydrogen (secondary N) is 1. The van der Waals surface area contributed by atoms with Crippen LogP contribution in [0.15, 0.2) is 24.3 Å². The highest BCUT2D eigenvalue weighted by atomic mass is 16.4. The van der Waals surface area contributed by atoms with Crippen LogP contribution in [-0.2, 0) is 9.59 Å². The maximum atomic E-state index is 12.8. The first-order chi connectivity index (χ1) is 11.6. The molecule has 2 fully saturated rings. The van der Waals surface area contributed by atoms with Crippen molar-refractivity contribution < 1.29 is 19.5 Å². The smallest absolute Gasteiger partial charge is 0.306 e. The van der Waals surface area contributed by atoms with Crippen molar-refractivity contribution in [3.8, 4) is 0 Å². The fraction of sp³-hybridized carbons (Fsp3) is 0.500. The highest BCUT2D eigenvalue weighted by Gasteiger charge is 2.29. The summed E-state index contributed by atoms with van der Waals surface area (Å²) in [6, 6.07) is 7.02. The minimum absolute atomic E-state index is 0.0221. The van der Waals surface area contributed by atoms with E-state index in [1.165, 1.54) is 0 Å². The van der Waals surface area contributed by atoms with E-state index in [1.54, 1.807) is 29.2 Å². The molecule has 0 aromatic heterocycles. The highest BCUT2D eigenvalue weighted by molar-refractivity contribution is 6.04. The van der Waals surface area contributed by atoms with Crippen LogP contribution in [-0.4, -0.2) is 40.9 Å². The molecule has 2 amide bonds. The van der Waals surface area contributed by atoms with Gasteiger partial charge in [-0.2, -0.15) is 0 Å². The lowest BCUT2D eigenvalue weighted by Gasteiger charge is -2.31. The van der Waals surface area contributed by atoms with Gasteiger partial charge in [0.2, 0.25) is 5.91 Å². The maximum absolute atomic E-state index is 12.8. The van der Waals surface area contributed by atoms with Crippen LogP contribution in [0.4, 0.5) is 5.69 Å². The van der Waals surface area contributed by atoms with Gasteiger partial charge < -0.3 is 15.3 Å². The van der Waals surface area contributed by atoms with Gasteiger partial charge in [-0.3, -0.25) is 14.4 Å². The summed E-state index contributed by atoms with van der Waals surface area (Å²) >= 11 is 0. The number of anilines is 1. The molecular formula is C18H22N2O4. The minimum atomic E-state index is -0.796. The number of para-hydroxylation sites is 1. The quantitative estimate of drug-likeness (QED) is 0.887. The zero-order valence-electron chi connectivity index (χ0n) is 13.5. The molecule has 0 spiro atoms. The molecule has 0 radical (unpaired) electrons. The van der Waals surface area contributed by atoms with Crippen LogP contribution in [0, 0.1) is 11.8 Å². The fourth-order valence-corrected chi connectivity index (χ4v) is 3.18. The van der Waals surface area contributed by atoms with Gasteiger partial charge >= 0.3 is 5.97 Å². The Bertz CT molecular complexity index is 646. The third-order valence-corrected chi connectivity index (χ3v) is 5.02. The Hall–Kier alpha value is -2.37. The number of carbonyl (C=O) groups is 3. The zero-order valence-corrected chi connectivity index (χ0v) is 13.5. The molecule has 0 bridgehead atoms. The molecule has 1 aliphatic heterocycles. The maximum Gasteiger partial charge on any atom is 0.306 e. The summed E-state index contributed by atoms with van der Waals surface area (Å²) < 4.78 is 0. The van der Waals surface area contributed by atoms with Gasteiger partial charge in [-0.1, -0.05) is 18.6 Å². The van der Waals surface area contributed by atoms with Crippen LogP contribution in [0.1, 0.15) is 42.5 Å². The Morgan fingerprint density at radius 1 is 1.00 bits per heavy atom. The zero-order chi connectivity index (χ0) is 17.1. The van der Waals surface area contributed by atoms with Gasteiger partial charge in [-0.25, -0.2) is 0 Å². The van der Waals surface area contributed by atoms with Crippen molar-refractivity contribution in [3.63, 3.8) is 0 Å². The summed E-state index contributed by atoms with van der Waals surface area (Å²) in [5.74, 6) is -1.29. The molecular weight excluding hydrogens is 308 g/mol. The number of likely N-dealkylation sites (tertiary alicyclic amines) is 1. The SMILES string of the molecule is O=C(O)C1CCN(C(=O)c2ccccc2NC(=O)C2CCC2)CC1. The number of piperidine rings is 1. The Morgan fingerprint density at radius 2 is 1.67 bits per heavy atom. The predicted octanol–water partition coefficient (Wildman–Crippen LogP) is 2.36. The molecule has 1 aromatic rings. The lowest BCUT2D eigenvalue weighted by atomic mass is 9.85. The van der Waals surface area contributed by atoms with E-state index < -0.39 is 5.97 Å². The Kier molecular flexibility index (Phi) is 4.83. The molecule has 6 nitrogen and oxygen atoms in total. The summed E-state index contributed by atoms with van der Waals surface area (Å²) in [7, 11) is 0. The van der Waals surface area contributed by atoms with Crippen molar-refractivity contribution in [3.05, 3.63) is 29.8 Å². The summed E-state index contributed by atoms with van der Waals surface area (Å²) in [6.07, 6.45) is 3.84. The van der Waals surface area contributed by atoms with Gasteiger partial charge in [-0.05, 0) is 37.8 Å². The van der Waals surface area contributed by atoms with E-state index >= 15 is 0 Å². The molecule has 128 valence electrons. The van der Waals surface area contributed by atoms with Crippen LogP contribution < -0.4 is 5.32 Å². The summed E-state index contributed by atoms with van der Waals surface area (Å²) in [4.78, 5) is 37.6. The average molecular weight is 330 g/mol. The molecule has 1 saturated heterocycles. The van der Waals surface area contributed by atoms with Crippen molar-refractivity contribution >= 4 is 23.5 Å². The monoisotopic (exact) mass is 330 g/mol. The van der Waals surface area contributed by atoms with E-state index in [0.717, 1.165) is 19.3 Å². The van der Waals surface area contributed by atoms with Crippen LogP contribution in [0.2, 0.25) is 0 Å². The second-order valence-corrected chi connectivity index (χ2v) is 6.57. The molecule has 24 heavy (non-hydrogen) atoms. The van der Waals surface area contributed by atoms with Crippen LogP contribution in [0.3, 0.4) is 0 Å². The van der Waals surface area contributed by atoms with Crippen LogP contribution >= 0.6 is 0 Å². The number of carboxylic acids is 1.